The molecular formula is C12H13N7. The maximum Gasteiger partial charge on any atom is 0.275 e. The van der Waals surface area contributed by atoms with Gasteiger partial charge in [-0.25, -0.2) is 0 Å². The van der Waals surface area contributed by atoms with Gasteiger partial charge in [-0.05, 0) is 36.4 Å². The van der Waals surface area contributed by atoms with E-state index in [-0.39, 0.29) is 0 Å². The fourth-order valence-electron chi connectivity index (χ4n) is 1.90. The average Bonchev–Trinajstić information content (AvgIpc) is 3.01. The molecule has 2 N–H and O–H groups in total. The van der Waals surface area contributed by atoms with Crippen molar-refractivity contribution in [3.8, 4) is 11.6 Å². The van der Waals surface area contributed by atoms with Gasteiger partial charge in [0.15, 0.2) is 0 Å². The minimum atomic E-state index is 0.517. The first-order chi connectivity index (χ1) is 9.18. The van der Waals surface area contributed by atoms with Crippen LogP contribution in [0.4, 0.5) is 5.69 Å². The van der Waals surface area contributed by atoms with E-state index < -0.39 is 0 Å². The quantitative estimate of drug-likeness (QED) is 0.739. The molecule has 96 valence electrons. The third-order valence-corrected chi connectivity index (χ3v) is 2.99. The molecule has 7 heteroatoms. The van der Waals surface area contributed by atoms with Crippen LogP contribution >= 0.6 is 0 Å². The highest BCUT2D eigenvalue weighted by atomic mass is 15.6. The van der Waals surface area contributed by atoms with Crippen molar-refractivity contribution in [3.05, 3.63) is 41.7 Å². The van der Waals surface area contributed by atoms with E-state index in [0.29, 0.717) is 11.6 Å². The van der Waals surface area contributed by atoms with Crippen molar-refractivity contribution in [3.63, 3.8) is 0 Å². The number of hydrogen-bond acceptors (Lipinski definition) is 5. The summed E-state index contributed by atoms with van der Waals surface area (Å²) in [6.07, 6.45) is 0. The summed E-state index contributed by atoms with van der Waals surface area (Å²) in [5.41, 5.74) is 9.05. The molecule has 19 heavy (non-hydrogen) atoms. The Bertz CT molecular complexity index is 711. The molecule has 0 unspecified atom stereocenters. The molecule has 3 aromatic rings. The standard InChI is InChI=1S/C12H13N7/c1-8-11(13)9(2)18(15-8)12-14-16-17-19(12)10-6-4-3-5-7-10/h3-7H,13H2,1-2H3. The number of para-hydroxylation sites is 1. The summed E-state index contributed by atoms with van der Waals surface area (Å²) in [6.45, 7) is 3.74. The number of nitrogens with two attached hydrogens (primary N) is 1. The number of tetrazole rings is 1. The lowest BCUT2D eigenvalue weighted by molar-refractivity contribution is 0.724. The van der Waals surface area contributed by atoms with Gasteiger partial charge in [0.1, 0.15) is 0 Å². The average molecular weight is 255 g/mol. The zero-order valence-electron chi connectivity index (χ0n) is 10.6. The number of aromatic nitrogens is 6. The van der Waals surface area contributed by atoms with Gasteiger partial charge >= 0.3 is 0 Å². The molecule has 3 rings (SSSR count). The van der Waals surface area contributed by atoms with Crippen LogP contribution in [-0.4, -0.2) is 30.0 Å². The summed E-state index contributed by atoms with van der Waals surface area (Å²) in [7, 11) is 0. The Morgan fingerprint density at radius 1 is 1.05 bits per heavy atom. The monoisotopic (exact) mass is 255 g/mol. The Morgan fingerprint density at radius 3 is 2.42 bits per heavy atom. The van der Waals surface area contributed by atoms with E-state index in [1.807, 2.05) is 44.2 Å². The summed E-state index contributed by atoms with van der Waals surface area (Å²) < 4.78 is 3.27. The van der Waals surface area contributed by atoms with Gasteiger partial charge in [-0.2, -0.15) is 14.5 Å². The highest BCUT2D eigenvalue weighted by molar-refractivity contribution is 5.49. The number of nitrogens with zero attached hydrogens (tertiary/aromatic N) is 6. The first kappa shape index (κ1) is 11.4. The lowest BCUT2D eigenvalue weighted by Crippen LogP contribution is -2.09. The molecule has 0 saturated carbocycles. The number of rotatable bonds is 2. The predicted molar refractivity (Wildman–Crippen MR) is 70.2 cm³/mol. The minimum absolute atomic E-state index is 0.517. The molecule has 0 saturated heterocycles. The fourth-order valence-corrected chi connectivity index (χ4v) is 1.90. The smallest absolute Gasteiger partial charge is 0.275 e. The number of hydrogen-bond donors (Lipinski definition) is 1. The highest BCUT2D eigenvalue weighted by Crippen LogP contribution is 2.19. The Kier molecular flexibility index (Phi) is 2.52. The molecule has 0 bridgehead atoms. The molecule has 7 nitrogen and oxygen atoms in total. The van der Waals surface area contributed by atoms with Crippen LogP contribution < -0.4 is 5.73 Å². The predicted octanol–water partition coefficient (Wildman–Crippen LogP) is 1.05. The first-order valence-corrected chi connectivity index (χ1v) is 5.84. The van der Waals surface area contributed by atoms with Crippen molar-refractivity contribution in [1.82, 2.24) is 30.0 Å². The van der Waals surface area contributed by atoms with Crippen molar-refractivity contribution in [2.24, 2.45) is 0 Å². The Balaban J connectivity index is 2.18. The maximum atomic E-state index is 5.94. The highest BCUT2D eigenvalue weighted by Gasteiger charge is 2.16. The molecular weight excluding hydrogens is 242 g/mol. The summed E-state index contributed by atoms with van der Waals surface area (Å²) in [4.78, 5) is 0. The normalized spacial score (nSPS) is 10.8. The number of benzene rings is 1. The molecule has 0 amide bonds. The van der Waals surface area contributed by atoms with E-state index >= 15 is 0 Å². The number of anilines is 1. The Hall–Kier alpha value is -2.70. The van der Waals surface area contributed by atoms with Crippen molar-refractivity contribution < 1.29 is 0 Å². The van der Waals surface area contributed by atoms with Gasteiger partial charge in [-0.15, -0.1) is 0 Å². The summed E-state index contributed by atoms with van der Waals surface area (Å²) in [6, 6.07) is 9.64. The van der Waals surface area contributed by atoms with Crippen LogP contribution in [0.1, 0.15) is 11.4 Å². The van der Waals surface area contributed by atoms with Crippen LogP contribution in [0.15, 0.2) is 30.3 Å². The van der Waals surface area contributed by atoms with E-state index in [9.17, 15) is 0 Å². The molecule has 0 atom stereocenters. The first-order valence-electron chi connectivity index (χ1n) is 5.84. The van der Waals surface area contributed by atoms with Crippen LogP contribution in [0.2, 0.25) is 0 Å². The van der Waals surface area contributed by atoms with E-state index in [1.165, 1.54) is 0 Å². The third-order valence-electron chi connectivity index (χ3n) is 2.99. The Labute approximate surface area is 109 Å². The van der Waals surface area contributed by atoms with Crippen LogP contribution in [0.3, 0.4) is 0 Å². The topological polar surface area (TPSA) is 87.4 Å². The Morgan fingerprint density at radius 2 is 1.79 bits per heavy atom. The summed E-state index contributed by atoms with van der Waals surface area (Å²) in [5.74, 6) is 0.517. The van der Waals surface area contributed by atoms with Crippen LogP contribution in [-0.2, 0) is 0 Å². The van der Waals surface area contributed by atoms with Gasteiger partial charge < -0.3 is 5.73 Å². The molecule has 1 aromatic carbocycles. The third kappa shape index (κ3) is 1.75. The van der Waals surface area contributed by atoms with E-state index in [4.69, 9.17) is 5.73 Å². The lowest BCUT2D eigenvalue weighted by Gasteiger charge is -2.05. The van der Waals surface area contributed by atoms with Gasteiger partial charge in [0, 0.05) is 0 Å². The largest absolute Gasteiger partial charge is 0.396 e. The molecule has 2 heterocycles. The van der Waals surface area contributed by atoms with E-state index in [2.05, 4.69) is 20.6 Å². The SMILES string of the molecule is Cc1nn(-c2nnnn2-c2ccccc2)c(C)c1N. The maximum absolute atomic E-state index is 5.94. The molecule has 0 aliphatic heterocycles. The molecule has 0 spiro atoms. The zero-order valence-corrected chi connectivity index (χ0v) is 10.6. The summed E-state index contributed by atoms with van der Waals surface area (Å²) >= 11 is 0. The van der Waals surface area contributed by atoms with Crippen molar-refractivity contribution in [2.45, 2.75) is 13.8 Å². The molecule has 0 radical (unpaired) electrons. The fraction of sp³-hybridized carbons (Fsp3) is 0.167. The van der Waals surface area contributed by atoms with Crippen molar-refractivity contribution in [1.29, 1.82) is 0 Å². The lowest BCUT2D eigenvalue weighted by atomic mass is 10.3. The summed E-state index contributed by atoms with van der Waals surface area (Å²) in [5, 5.41) is 16.1. The number of nitrogen functional groups attached to an aromatic ring is 1. The zero-order chi connectivity index (χ0) is 13.4. The molecule has 2 aromatic heterocycles. The van der Waals surface area contributed by atoms with Gasteiger partial charge in [0.25, 0.3) is 5.95 Å². The van der Waals surface area contributed by atoms with Gasteiger partial charge in [-0.1, -0.05) is 23.3 Å². The second-order valence-corrected chi connectivity index (χ2v) is 4.22. The van der Waals surface area contributed by atoms with Crippen LogP contribution in [0, 0.1) is 13.8 Å². The molecule has 0 fully saturated rings. The van der Waals surface area contributed by atoms with Crippen LogP contribution in [0.25, 0.3) is 11.6 Å². The van der Waals surface area contributed by atoms with Gasteiger partial charge in [0.05, 0.1) is 22.8 Å². The van der Waals surface area contributed by atoms with Gasteiger partial charge in [0.2, 0.25) is 0 Å². The molecule has 0 aliphatic rings. The molecule has 0 aliphatic carbocycles. The second kappa shape index (κ2) is 4.20. The second-order valence-electron chi connectivity index (χ2n) is 4.22. The number of aryl methyl sites for hydroxylation is 1. The van der Waals surface area contributed by atoms with Crippen molar-refractivity contribution in [2.75, 3.05) is 5.73 Å². The van der Waals surface area contributed by atoms with Crippen molar-refractivity contribution >= 4 is 5.69 Å². The minimum Gasteiger partial charge on any atom is -0.396 e. The van der Waals surface area contributed by atoms with Gasteiger partial charge in [-0.3, -0.25) is 0 Å². The van der Waals surface area contributed by atoms with E-state index in [0.717, 1.165) is 17.1 Å². The van der Waals surface area contributed by atoms with E-state index in [1.54, 1.807) is 9.36 Å². The van der Waals surface area contributed by atoms with Crippen LogP contribution in [0.5, 0.6) is 0 Å².